The van der Waals surface area contributed by atoms with Crippen molar-refractivity contribution in [1.82, 2.24) is 10.5 Å². The molecule has 1 aromatic carbocycles. The lowest BCUT2D eigenvalue weighted by atomic mass is 10.0. The molecule has 0 radical (unpaired) electrons. The summed E-state index contributed by atoms with van der Waals surface area (Å²) in [7, 11) is 1.62. The van der Waals surface area contributed by atoms with E-state index in [9.17, 15) is 4.79 Å². The van der Waals surface area contributed by atoms with Crippen molar-refractivity contribution < 1.29 is 18.8 Å². The van der Waals surface area contributed by atoms with Gasteiger partial charge < -0.3 is 19.3 Å². The van der Waals surface area contributed by atoms with Crippen LogP contribution < -0.4 is 10.1 Å². The van der Waals surface area contributed by atoms with Crippen LogP contribution in [0.2, 0.25) is 0 Å². The van der Waals surface area contributed by atoms with E-state index < -0.39 is 0 Å². The van der Waals surface area contributed by atoms with Crippen molar-refractivity contribution >= 4 is 5.91 Å². The molecule has 1 amide bonds. The van der Waals surface area contributed by atoms with Crippen molar-refractivity contribution in [2.75, 3.05) is 26.9 Å². The van der Waals surface area contributed by atoms with E-state index in [0.717, 1.165) is 37.4 Å². The normalized spacial score (nSPS) is 15.3. The maximum absolute atomic E-state index is 12.1. The smallest absolute Gasteiger partial charge is 0.289 e. The minimum Gasteiger partial charge on any atom is -0.497 e. The van der Waals surface area contributed by atoms with Gasteiger partial charge in [0, 0.05) is 31.4 Å². The number of hydrogen-bond donors (Lipinski definition) is 1. The van der Waals surface area contributed by atoms with Crippen molar-refractivity contribution in [2.24, 2.45) is 5.92 Å². The maximum Gasteiger partial charge on any atom is 0.289 e. The minimum absolute atomic E-state index is 0.225. The van der Waals surface area contributed by atoms with Gasteiger partial charge >= 0.3 is 0 Å². The third-order valence-electron chi connectivity index (χ3n) is 4.01. The topological polar surface area (TPSA) is 73.6 Å². The Labute approximate surface area is 134 Å². The van der Waals surface area contributed by atoms with Crippen molar-refractivity contribution in [2.45, 2.75) is 12.8 Å². The molecular formula is C17H20N2O4. The van der Waals surface area contributed by atoms with E-state index in [-0.39, 0.29) is 11.7 Å². The lowest BCUT2D eigenvalue weighted by Gasteiger charge is -2.21. The van der Waals surface area contributed by atoms with Gasteiger partial charge in [0.15, 0.2) is 0 Å². The number of amides is 1. The van der Waals surface area contributed by atoms with E-state index in [1.54, 1.807) is 13.2 Å². The Morgan fingerprint density at radius 3 is 2.74 bits per heavy atom. The summed E-state index contributed by atoms with van der Waals surface area (Å²) < 4.78 is 15.6. The van der Waals surface area contributed by atoms with Gasteiger partial charge in [0.2, 0.25) is 5.76 Å². The van der Waals surface area contributed by atoms with Crippen molar-refractivity contribution in [3.8, 4) is 17.0 Å². The molecule has 1 fully saturated rings. The predicted molar refractivity (Wildman–Crippen MR) is 84.4 cm³/mol. The molecule has 0 saturated carbocycles. The Kier molecular flexibility index (Phi) is 4.92. The first-order valence-electron chi connectivity index (χ1n) is 7.73. The minimum atomic E-state index is -0.233. The molecule has 6 nitrogen and oxygen atoms in total. The molecule has 122 valence electrons. The summed E-state index contributed by atoms with van der Waals surface area (Å²) in [4.78, 5) is 12.1. The van der Waals surface area contributed by atoms with Gasteiger partial charge in [0.1, 0.15) is 11.4 Å². The molecule has 2 heterocycles. The number of ether oxygens (including phenoxy) is 2. The first-order valence-corrected chi connectivity index (χ1v) is 7.73. The third kappa shape index (κ3) is 3.90. The highest BCUT2D eigenvalue weighted by atomic mass is 16.5. The average molecular weight is 316 g/mol. The first kappa shape index (κ1) is 15.6. The van der Waals surface area contributed by atoms with Gasteiger partial charge in [-0.3, -0.25) is 4.79 Å². The van der Waals surface area contributed by atoms with Crippen molar-refractivity contribution in [3.63, 3.8) is 0 Å². The number of nitrogens with zero attached hydrogens (tertiary/aromatic N) is 1. The molecule has 0 unspecified atom stereocenters. The summed E-state index contributed by atoms with van der Waals surface area (Å²) in [6, 6.07) is 9.09. The molecule has 3 rings (SSSR count). The quantitative estimate of drug-likeness (QED) is 0.917. The molecule has 0 atom stereocenters. The van der Waals surface area contributed by atoms with E-state index in [2.05, 4.69) is 10.5 Å². The van der Waals surface area contributed by atoms with Crippen LogP contribution in [-0.2, 0) is 4.74 Å². The van der Waals surface area contributed by atoms with Gasteiger partial charge in [-0.05, 0) is 43.0 Å². The zero-order valence-corrected chi connectivity index (χ0v) is 13.1. The molecule has 0 spiro atoms. The lowest BCUT2D eigenvalue weighted by Crippen LogP contribution is -2.31. The molecule has 1 aliphatic heterocycles. The fraction of sp³-hybridized carbons (Fsp3) is 0.412. The molecule has 0 aliphatic carbocycles. The highest BCUT2D eigenvalue weighted by Crippen LogP contribution is 2.22. The Morgan fingerprint density at radius 1 is 1.30 bits per heavy atom. The van der Waals surface area contributed by atoms with Gasteiger partial charge in [-0.1, -0.05) is 5.16 Å². The number of nitrogens with one attached hydrogen (secondary N) is 1. The van der Waals surface area contributed by atoms with Gasteiger partial charge in [-0.25, -0.2) is 0 Å². The highest BCUT2D eigenvalue weighted by Gasteiger charge is 2.18. The number of methoxy groups -OCH3 is 1. The predicted octanol–water partition coefficient (Wildman–Crippen LogP) is 2.51. The van der Waals surface area contributed by atoms with Crippen LogP contribution in [-0.4, -0.2) is 37.9 Å². The standard InChI is InChI=1S/C17H20N2O4/c1-21-14-4-2-13(3-5-14)15-10-16(23-19-15)17(20)18-11-12-6-8-22-9-7-12/h2-5,10,12H,6-9,11H2,1H3,(H,18,20). The Hall–Kier alpha value is -2.34. The molecule has 6 heteroatoms. The molecular weight excluding hydrogens is 296 g/mol. The molecule has 1 aromatic heterocycles. The van der Waals surface area contributed by atoms with Gasteiger partial charge in [-0.2, -0.15) is 0 Å². The number of benzene rings is 1. The summed E-state index contributed by atoms with van der Waals surface area (Å²) >= 11 is 0. The van der Waals surface area contributed by atoms with Crippen LogP contribution in [0.3, 0.4) is 0 Å². The zero-order chi connectivity index (χ0) is 16.1. The van der Waals surface area contributed by atoms with E-state index >= 15 is 0 Å². The van der Waals surface area contributed by atoms with Crippen LogP contribution >= 0.6 is 0 Å². The fourth-order valence-corrected chi connectivity index (χ4v) is 2.55. The molecule has 2 aromatic rings. The summed E-state index contributed by atoms with van der Waals surface area (Å²) in [5.41, 5.74) is 1.50. The van der Waals surface area contributed by atoms with Crippen molar-refractivity contribution in [3.05, 3.63) is 36.1 Å². The van der Waals surface area contributed by atoms with E-state index in [0.29, 0.717) is 18.2 Å². The van der Waals surface area contributed by atoms with Gasteiger partial charge in [-0.15, -0.1) is 0 Å². The van der Waals surface area contributed by atoms with Crippen LogP contribution in [0.25, 0.3) is 11.3 Å². The lowest BCUT2D eigenvalue weighted by molar-refractivity contribution is 0.0637. The molecule has 0 bridgehead atoms. The van der Waals surface area contributed by atoms with Gasteiger partial charge in [0.25, 0.3) is 5.91 Å². The van der Waals surface area contributed by atoms with Crippen LogP contribution in [0.1, 0.15) is 23.4 Å². The number of aromatic nitrogens is 1. The average Bonchev–Trinajstić information content (AvgIpc) is 3.11. The van der Waals surface area contributed by atoms with Crippen LogP contribution in [0.15, 0.2) is 34.9 Å². The van der Waals surface area contributed by atoms with Crippen LogP contribution in [0.5, 0.6) is 5.75 Å². The second-order valence-corrected chi connectivity index (χ2v) is 5.57. The monoisotopic (exact) mass is 316 g/mol. The second kappa shape index (κ2) is 7.28. The molecule has 1 aliphatic rings. The SMILES string of the molecule is COc1ccc(-c2cc(C(=O)NCC3CCOCC3)on2)cc1. The second-order valence-electron chi connectivity index (χ2n) is 5.57. The van der Waals surface area contributed by atoms with Crippen molar-refractivity contribution in [1.29, 1.82) is 0 Å². The maximum atomic E-state index is 12.1. The fourth-order valence-electron chi connectivity index (χ4n) is 2.55. The Balaban J connectivity index is 1.60. The summed E-state index contributed by atoms with van der Waals surface area (Å²) in [5.74, 6) is 1.23. The highest BCUT2D eigenvalue weighted by molar-refractivity contribution is 5.92. The summed E-state index contributed by atoms with van der Waals surface area (Å²) in [6.07, 6.45) is 1.96. The van der Waals surface area contributed by atoms with E-state index in [1.165, 1.54) is 0 Å². The number of rotatable bonds is 5. The zero-order valence-electron chi connectivity index (χ0n) is 13.1. The number of carbonyl (C=O) groups is 1. The molecule has 23 heavy (non-hydrogen) atoms. The third-order valence-corrected chi connectivity index (χ3v) is 4.01. The van der Waals surface area contributed by atoms with Crippen LogP contribution in [0.4, 0.5) is 0 Å². The molecule has 1 saturated heterocycles. The Morgan fingerprint density at radius 2 is 2.04 bits per heavy atom. The number of hydrogen-bond acceptors (Lipinski definition) is 5. The van der Waals surface area contributed by atoms with E-state index in [1.807, 2.05) is 24.3 Å². The molecule has 1 N–H and O–H groups in total. The van der Waals surface area contributed by atoms with E-state index in [4.69, 9.17) is 14.0 Å². The summed E-state index contributed by atoms with van der Waals surface area (Å²) in [5, 5.41) is 6.86. The number of carbonyl (C=O) groups excluding carboxylic acids is 1. The largest absolute Gasteiger partial charge is 0.497 e. The summed E-state index contributed by atoms with van der Waals surface area (Å²) in [6.45, 7) is 2.18. The van der Waals surface area contributed by atoms with Crippen LogP contribution in [0, 0.1) is 5.92 Å². The Bertz CT molecular complexity index is 645. The van der Waals surface area contributed by atoms with Gasteiger partial charge in [0.05, 0.1) is 7.11 Å². The first-order chi connectivity index (χ1) is 11.3.